The van der Waals surface area contributed by atoms with Crippen LogP contribution in [-0.4, -0.2) is 37.5 Å². The lowest BCUT2D eigenvalue weighted by molar-refractivity contribution is -0.120. The smallest absolute Gasteiger partial charge is 0.264 e. The largest absolute Gasteiger partial charge is 0.354 e. The highest BCUT2D eigenvalue weighted by atomic mass is 32.2. The highest BCUT2D eigenvalue weighted by Gasteiger charge is 2.11. The SMILES string of the molecule is Cc1cccc(Cn2cnc3c(cnn3CCNC(=O)CCSc3ccccc3)c2=O)c1. The molecule has 4 aromatic rings. The third-order valence-electron chi connectivity index (χ3n) is 5.04. The number of aryl methyl sites for hydroxylation is 1. The third-order valence-corrected chi connectivity index (χ3v) is 6.06. The molecule has 2 aromatic heterocycles. The minimum absolute atomic E-state index is 0.00152. The molecule has 0 aliphatic rings. The van der Waals surface area contributed by atoms with Crippen LogP contribution in [0.5, 0.6) is 0 Å². The van der Waals surface area contributed by atoms with Crippen LogP contribution in [0.2, 0.25) is 0 Å². The molecule has 1 amide bonds. The molecule has 0 saturated heterocycles. The summed E-state index contributed by atoms with van der Waals surface area (Å²) in [7, 11) is 0. The number of nitrogens with one attached hydrogen (secondary N) is 1. The average Bonchev–Trinajstić information content (AvgIpc) is 3.20. The Bertz CT molecular complexity index is 1270. The number of carbonyl (C=O) groups excluding carboxylic acids is 1. The van der Waals surface area contributed by atoms with Crippen molar-refractivity contribution in [2.45, 2.75) is 31.3 Å². The first-order valence-electron chi connectivity index (χ1n) is 10.5. The van der Waals surface area contributed by atoms with E-state index in [0.29, 0.717) is 37.1 Å². The van der Waals surface area contributed by atoms with Gasteiger partial charge >= 0.3 is 0 Å². The molecule has 0 radical (unpaired) electrons. The maximum absolute atomic E-state index is 12.8. The fraction of sp³-hybridized carbons (Fsp3) is 0.250. The number of thioether (sulfide) groups is 1. The lowest BCUT2D eigenvalue weighted by atomic mass is 10.1. The van der Waals surface area contributed by atoms with Gasteiger partial charge in [-0.3, -0.25) is 14.2 Å². The molecule has 0 fully saturated rings. The average molecular weight is 448 g/mol. The van der Waals surface area contributed by atoms with Crippen LogP contribution in [0.3, 0.4) is 0 Å². The van der Waals surface area contributed by atoms with Crippen LogP contribution < -0.4 is 10.9 Å². The Morgan fingerprint density at radius 3 is 2.78 bits per heavy atom. The summed E-state index contributed by atoms with van der Waals surface area (Å²) in [5.41, 5.74) is 2.61. The van der Waals surface area contributed by atoms with Crippen LogP contribution in [0.15, 0.2) is 76.8 Å². The molecule has 32 heavy (non-hydrogen) atoms. The van der Waals surface area contributed by atoms with Crippen LogP contribution >= 0.6 is 11.8 Å². The molecule has 2 aromatic carbocycles. The lowest BCUT2D eigenvalue weighted by Gasteiger charge is -2.08. The zero-order valence-corrected chi connectivity index (χ0v) is 18.7. The van der Waals surface area contributed by atoms with Crippen LogP contribution in [0.1, 0.15) is 17.5 Å². The first kappa shape index (κ1) is 21.8. The van der Waals surface area contributed by atoms with Gasteiger partial charge in [-0.1, -0.05) is 48.0 Å². The molecule has 0 aliphatic carbocycles. The molecule has 2 heterocycles. The summed E-state index contributed by atoms with van der Waals surface area (Å²) in [4.78, 5) is 30.5. The summed E-state index contributed by atoms with van der Waals surface area (Å²) < 4.78 is 3.25. The molecule has 0 bridgehead atoms. The molecule has 0 atom stereocenters. The fourth-order valence-electron chi connectivity index (χ4n) is 3.45. The van der Waals surface area contributed by atoms with Gasteiger partial charge in [0.15, 0.2) is 5.65 Å². The number of rotatable bonds is 9. The number of benzene rings is 2. The predicted octanol–water partition coefficient (Wildman–Crippen LogP) is 3.25. The molecule has 7 nitrogen and oxygen atoms in total. The molecular weight excluding hydrogens is 422 g/mol. The van der Waals surface area contributed by atoms with E-state index in [1.54, 1.807) is 33.5 Å². The summed E-state index contributed by atoms with van der Waals surface area (Å²) >= 11 is 1.66. The summed E-state index contributed by atoms with van der Waals surface area (Å²) in [5.74, 6) is 0.723. The van der Waals surface area contributed by atoms with E-state index in [1.165, 1.54) is 0 Å². The monoisotopic (exact) mass is 447 g/mol. The number of hydrogen-bond acceptors (Lipinski definition) is 5. The Morgan fingerprint density at radius 2 is 1.97 bits per heavy atom. The van der Waals surface area contributed by atoms with Gasteiger partial charge in [-0.2, -0.15) is 5.10 Å². The molecule has 1 N–H and O–H groups in total. The normalized spacial score (nSPS) is 11.0. The van der Waals surface area contributed by atoms with E-state index in [2.05, 4.69) is 21.5 Å². The summed E-state index contributed by atoms with van der Waals surface area (Å²) in [5, 5.41) is 7.69. The Hall–Kier alpha value is -3.39. The van der Waals surface area contributed by atoms with Crippen molar-refractivity contribution in [2.24, 2.45) is 0 Å². The van der Waals surface area contributed by atoms with E-state index in [9.17, 15) is 9.59 Å². The molecule has 8 heteroatoms. The van der Waals surface area contributed by atoms with E-state index in [-0.39, 0.29) is 11.5 Å². The molecule has 0 unspecified atom stereocenters. The van der Waals surface area contributed by atoms with Gasteiger partial charge in [0.2, 0.25) is 5.91 Å². The van der Waals surface area contributed by atoms with Crippen LogP contribution in [0.25, 0.3) is 11.0 Å². The molecule has 164 valence electrons. The zero-order chi connectivity index (χ0) is 22.3. The van der Waals surface area contributed by atoms with Crippen molar-refractivity contribution in [2.75, 3.05) is 12.3 Å². The lowest BCUT2D eigenvalue weighted by Crippen LogP contribution is -2.28. The molecule has 4 rings (SSSR count). The van der Waals surface area contributed by atoms with E-state index in [0.717, 1.165) is 21.8 Å². The number of fused-ring (bicyclic) bond motifs is 1. The third kappa shape index (κ3) is 5.45. The maximum Gasteiger partial charge on any atom is 0.264 e. The van der Waals surface area contributed by atoms with E-state index in [1.807, 2.05) is 55.5 Å². The van der Waals surface area contributed by atoms with E-state index >= 15 is 0 Å². The first-order chi connectivity index (χ1) is 15.6. The Labute approximate surface area is 190 Å². The first-order valence-corrected chi connectivity index (χ1v) is 11.5. The Morgan fingerprint density at radius 1 is 1.12 bits per heavy atom. The van der Waals surface area contributed by atoms with E-state index < -0.39 is 0 Å². The summed E-state index contributed by atoms with van der Waals surface area (Å²) in [6.45, 7) is 3.37. The van der Waals surface area contributed by atoms with Gasteiger partial charge in [-0.05, 0) is 24.6 Å². The van der Waals surface area contributed by atoms with Crippen molar-refractivity contribution in [3.05, 3.63) is 88.6 Å². The van der Waals surface area contributed by atoms with E-state index in [4.69, 9.17) is 0 Å². The maximum atomic E-state index is 12.8. The van der Waals surface area contributed by atoms with Gasteiger partial charge in [0, 0.05) is 23.6 Å². The van der Waals surface area contributed by atoms with Crippen molar-refractivity contribution in [1.82, 2.24) is 24.6 Å². The van der Waals surface area contributed by atoms with Crippen LogP contribution in [0, 0.1) is 6.92 Å². The minimum Gasteiger partial charge on any atom is -0.354 e. The van der Waals surface area contributed by atoms with Crippen LogP contribution in [0.4, 0.5) is 0 Å². The van der Waals surface area contributed by atoms with Gasteiger partial charge in [0.1, 0.15) is 11.7 Å². The van der Waals surface area contributed by atoms with Crippen molar-refractivity contribution in [3.63, 3.8) is 0 Å². The fourth-order valence-corrected chi connectivity index (χ4v) is 4.32. The highest BCUT2D eigenvalue weighted by molar-refractivity contribution is 7.99. The van der Waals surface area contributed by atoms with Crippen molar-refractivity contribution >= 4 is 28.7 Å². The Kier molecular flexibility index (Phi) is 7.01. The van der Waals surface area contributed by atoms with Gasteiger partial charge in [0.25, 0.3) is 5.56 Å². The van der Waals surface area contributed by atoms with Crippen molar-refractivity contribution in [1.29, 1.82) is 0 Å². The van der Waals surface area contributed by atoms with Gasteiger partial charge < -0.3 is 5.32 Å². The number of carbonyl (C=O) groups is 1. The second-order valence-corrected chi connectivity index (χ2v) is 8.70. The van der Waals surface area contributed by atoms with Gasteiger partial charge in [-0.15, -0.1) is 11.8 Å². The van der Waals surface area contributed by atoms with Crippen molar-refractivity contribution in [3.8, 4) is 0 Å². The number of hydrogen-bond donors (Lipinski definition) is 1. The van der Waals surface area contributed by atoms with Crippen LogP contribution in [-0.2, 0) is 17.9 Å². The molecular formula is C24H25N5O2S. The number of amides is 1. The molecule has 0 spiro atoms. The standard InChI is InChI=1S/C24H25N5O2S/c1-18-6-5-7-19(14-18)16-28-17-26-23-21(24(28)31)15-27-29(23)12-11-25-22(30)10-13-32-20-8-3-2-4-9-20/h2-9,14-15,17H,10-13,16H2,1H3,(H,25,30). The predicted molar refractivity (Wildman–Crippen MR) is 127 cm³/mol. The Balaban J connectivity index is 1.31. The quantitative estimate of drug-likeness (QED) is 0.398. The van der Waals surface area contributed by atoms with Gasteiger partial charge in [-0.25, -0.2) is 9.67 Å². The highest BCUT2D eigenvalue weighted by Crippen LogP contribution is 2.17. The summed E-state index contributed by atoms with van der Waals surface area (Å²) in [6, 6.07) is 18.1. The van der Waals surface area contributed by atoms with Gasteiger partial charge in [0.05, 0.1) is 19.3 Å². The van der Waals surface area contributed by atoms with Crippen molar-refractivity contribution < 1.29 is 4.79 Å². The summed E-state index contributed by atoms with van der Waals surface area (Å²) in [6.07, 6.45) is 3.56. The number of aromatic nitrogens is 4. The topological polar surface area (TPSA) is 81.8 Å². The zero-order valence-electron chi connectivity index (χ0n) is 17.9. The minimum atomic E-state index is -0.121. The second kappa shape index (κ2) is 10.3. The molecule has 0 aliphatic heterocycles. The number of nitrogens with zero attached hydrogens (tertiary/aromatic N) is 4. The second-order valence-electron chi connectivity index (χ2n) is 7.53. The molecule has 0 saturated carbocycles.